The van der Waals surface area contributed by atoms with Gasteiger partial charge in [0.1, 0.15) is 5.60 Å². The normalized spacial score (nSPS) is 10.6. The molecule has 0 heterocycles. The monoisotopic (exact) mass is 274 g/mol. The van der Waals surface area contributed by atoms with Crippen molar-refractivity contribution in [3.8, 4) is 11.8 Å². The molecule has 0 unspecified atom stereocenters. The number of esters is 1. The van der Waals surface area contributed by atoms with E-state index in [1.54, 1.807) is 12.1 Å². The van der Waals surface area contributed by atoms with Crippen LogP contribution in [0.3, 0.4) is 0 Å². The topological polar surface area (TPSA) is 46.5 Å². The molecule has 1 aromatic rings. The number of carbonyl (C=O) groups is 1. The quantitative estimate of drug-likeness (QED) is 0.521. The van der Waals surface area contributed by atoms with Crippen LogP contribution in [0.1, 0.15) is 56.0 Å². The molecule has 0 saturated carbocycles. The lowest BCUT2D eigenvalue weighted by Crippen LogP contribution is -2.23. The molecule has 0 aromatic heterocycles. The number of ether oxygens (including phenoxy) is 1. The zero-order valence-electron chi connectivity index (χ0n) is 12.4. The standard InChI is InChI=1S/C17H22O3/c1-17(2,3)20-16(19)15-11-9-14(10-12-15)8-6-4-5-7-13-18/h9-12,18H,4-5,7,13H2,1-3H3. The molecule has 0 aliphatic rings. The second-order valence-corrected chi connectivity index (χ2v) is 5.56. The van der Waals surface area contributed by atoms with Crippen molar-refractivity contribution in [2.45, 2.75) is 45.6 Å². The summed E-state index contributed by atoms with van der Waals surface area (Å²) in [7, 11) is 0. The summed E-state index contributed by atoms with van der Waals surface area (Å²) in [6.07, 6.45) is 2.46. The predicted molar refractivity (Wildman–Crippen MR) is 79.4 cm³/mol. The molecule has 3 heteroatoms. The summed E-state index contributed by atoms with van der Waals surface area (Å²) in [4.78, 5) is 11.8. The minimum absolute atomic E-state index is 0.215. The Morgan fingerprint density at radius 1 is 1.20 bits per heavy atom. The van der Waals surface area contributed by atoms with E-state index in [1.165, 1.54) is 0 Å². The third kappa shape index (κ3) is 6.40. The molecule has 20 heavy (non-hydrogen) atoms. The van der Waals surface area contributed by atoms with E-state index in [0.717, 1.165) is 24.8 Å². The second-order valence-electron chi connectivity index (χ2n) is 5.56. The van der Waals surface area contributed by atoms with Gasteiger partial charge in [-0.3, -0.25) is 0 Å². The van der Waals surface area contributed by atoms with Crippen LogP contribution in [-0.4, -0.2) is 23.3 Å². The van der Waals surface area contributed by atoms with E-state index < -0.39 is 5.60 Å². The van der Waals surface area contributed by atoms with Crippen LogP contribution in [0.5, 0.6) is 0 Å². The summed E-state index contributed by atoms with van der Waals surface area (Å²) in [6.45, 7) is 5.75. The summed E-state index contributed by atoms with van der Waals surface area (Å²) < 4.78 is 5.29. The first-order valence-corrected chi connectivity index (χ1v) is 6.85. The highest BCUT2D eigenvalue weighted by Gasteiger charge is 2.17. The van der Waals surface area contributed by atoms with Gasteiger partial charge in [-0.1, -0.05) is 11.8 Å². The Bertz CT molecular complexity index is 484. The van der Waals surface area contributed by atoms with Crippen molar-refractivity contribution in [3.05, 3.63) is 35.4 Å². The number of benzene rings is 1. The van der Waals surface area contributed by atoms with Crippen molar-refractivity contribution < 1.29 is 14.6 Å². The molecule has 0 saturated heterocycles. The van der Waals surface area contributed by atoms with Gasteiger partial charge in [-0.15, -0.1) is 0 Å². The number of rotatable bonds is 4. The van der Waals surface area contributed by atoms with Crippen molar-refractivity contribution in [3.63, 3.8) is 0 Å². The maximum absolute atomic E-state index is 11.8. The second kappa shape index (κ2) is 7.72. The number of carbonyl (C=O) groups excluding carboxylic acids is 1. The highest BCUT2D eigenvalue weighted by Crippen LogP contribution is 2.12. The summed E-state index contributed by atoms with van der Waals surface area (Å²) in [5.74, 6) is 5.76. The molecule has 3 nitrogen and oxygen atoms in total. The molecule has 1 aromatic carbocycles. The first-order chi connectivity index (χ1) is 9.42. The molecule has 1 N–H and O–H groups in total. The highest BCUT2D eigenvalue weighted by atomic mass is 16.6. The fraction of sp³-hybridized carbons (Fsp3) is 0.471. The summed E-state index contributed by atoms with van der Waals surface area (Å²) in [5, 5.41) is 8.65. The van der Waals surface area contributed by atoms with Crippen LogP contribution in [-0.2, 0) is 4.74 Å². The van der Waals surface area contributed by atoms with Crippen molar-refractivity contribution in [1.29, 1.82) is 0 Å². The van der Waals surface area contributed by atoms with E-state index in [4.69, 9.17) is 9.84 Å². The molecule has 0 amide bonds. The molecule has 108 valence electrons. The van der Waals surface area contributed by atoms with Crippen molar-refractivity contribution in [2.24, 2.45) is 0 Å². The van der Waals surface area contributed by atoms with E-state index in [1.807, 2.05) is 32.9 Å². The van der Waals surface area contributed by atoms with Crippen molar-refractivity contribution >= 4 is 5.97 Å². The van der Waals surface area contributed by atoms with Crippen molar-refractivity contribution in [1.82, 2.24) is 0 Å². The van der Waals surface area contributed by atoms with Gasteiger partial charge in [-0.05, 0) is 57.9 Å². The van der Waals surface area contributed by atoms with Gasteiger partial charge >= 0.3 is 5.97 Å². The molecule has 0 atom stereocenters. The average Bonchev–Trinajstić information content (AvgIpc) is 2.37. The summed E-state index contributed by atoms with van der Waals surface area (Å²) in [6, 6.07) is 7.09. The van der Waals surface area contributed by atoms with Gasteiger partial charge < -0.3 is 9.84 Å². The summed E-state index contributed by atoms with van der Waals surface area (Å²) in [5.41, 5.74) is 0.925. The molecular weight excluding hydrogens is 252 g/mol. The Balaban J connectivity index is 2.58. The largest absolute Gasteiger partial charge is 0.456 e. The lowest BCUT2D eigenvalue weighted by atomic mass is 10.1. The number of aliphatic hydroxyl groups is 1. The van der Waals surface area contributed by atoms with Crippen LogP contribution in [0.15, 0.2) is 24.3 Å². The van der Waals surface area contributed by atoms with Crippen LogP contribution in [0.4, 0.5) is 0 Å². The third-order valence-electron chi connectivity index (χ3n) is 2.46. The lowest BCUT2D eigenvalue weighted by molar-refractivity contribution is 0.00695. The van der Waals surface area contributed by atoms with Crippen LogP contribution >= 0.6 is 0 Å². The Hall–Kier alpha value is -1.79. The predicted octanol–water partition coefficient (Wildman–Crippen LogP) is 3.16. The van der Waals surface area contributed by atoms with E-state index in [-0.39, 0.29) is 12.6 Å². The maximum atomic E-state index is 11.8. The molecule has 1 rings (SSSR count). The SMILES string of the molecule is CC(C)(C)OC(=O)c1ccc(C#CCCCCO)cc1. The molecular formula is C17H22O3. The molecule has 0 fully saturated rings. The van der Waals surface area contributed by atoms with E-state index in [9.17, 15) is 4.79 Å². The zero-order chi connectivity index (χ0) is 15.0. The van der Waals surface area contributed by atoms with Gasteiger partial charge in [0.15, 0.2) is 0 Å². The number of hydrogen-bond donors (Lipinski definition) is 1. The van der Waals surface area contributed by atoms with Crippen LogP contribution in [0.25, 0.3) is 0 Å². The number of unbranched alkanes of at least 4 members (excludes halogenated alkanes) is 2. The van der Waals surface area contributed by atoms with Crippen LogP contribution < -0.4 is 0 Å². The smallest absolute Gasteiger partial charge is 0.338 e. The Morgan fingerprint density at radius 2 is 1.85 bits per heavy atom. The minimum atomic E-state index is -0.484. The highest BCUT2D eigenvalue weighted by molar-refractivity contribution is 5.89. The van der Waals surface area contributed by atoms with Crippen LogP contribution in [0.2, 0.25) is 0 Å². The van der Waals surface area contributed by atoms with Gasteiger partial charge in [0, 0.05) is 18.6 Å². The van der Waals surface area contributed by atoms with Gasteiger partial charge in [0.05, 0.1) is 5.56 Å². The van der Waals surface area contributed by atoms with Crippen molar-refractivity contribution in [2.75, 3.05) is 6.61 Å². The average molecular weight is 274 g/mol. The molecule has 0 aliphatic heterocycles. The molecule has 0 radical (unpaired) electrons. The number of aliphatic hydroxyl groups excluding tert-OH is 1. The zero-order valence-corrected chi connectivity index (χ0v) is 12.4. The lowest BCUT2D eigenvalue weighted by Gasteiger charge is -2.19. The van der Waals surface area contributed by atoms with Crippen LogP contribution in [0, 0.1) is 11.8 Å². The first-order valence-electron chi connectivity index (χ1n) is 6.85. The van der Waals surface area contributed by atoms with E-state index in [2.05, 4.69) is 11.8 Å². The van der Waals surface area contributed by atoms with Gasteiger partial charge in [0.2, 0.25) is 0 Å². The van der Waals surface area contributed by atoms with Gasteiger partial charge in [-0.2, -0.15) is 0 Å². The molecule has 0 bridgehead atoms. The fourth-order valence-electron chi connectivity index (χ4n) is 1.52. The third-order valence-corrected chi connectivity index (χ3v) is 2.46. The Kier molecular flexibility index (Phi) is 6.27. The number of hydrogen-bond acceptors (Lipinski definition) is 3. The van der Waals surface area contributed by atoms with E-state index in [0.29, 0.717) is 5.56 Å². The Labute approximate surface area is 121 Å². The minimum Gasteiger partial charge on any atom is -0.456 e. The van der Waals surface area contributed by atoms with E-state index >= 15 is 0 Å². The molecule has 0 spiro atoms. The van der Waals surface area contributed by atoms with Gasteiger partial charge in [-0.25, -0.2) is 4.79 Å². The first kappa shape index (κ1) is 16.3. The maximum Gasteiger partial charge on any atom is 0.338 e. The van der Waals surface area contributed by atoms with Gasteiger partial charge in [0.25, 0.3) is 0 Å². The molecule has 0 aliphatic carbocycles. The summed E-state index contributed by atoms with van der Waals surface area (Å²) >= 11 is 0. The Morgan fingerprint density at radius 3 is 2.40 bits per heavy atom. The fourth-order valence-corrected chi connectivity index (χ4v) is 1.52.